The van der Waals surface area contributed by atoms with Crippen LogP contribution in [0.25, 0.3) is 0 Å². The Kier molecular flexibility index (Phi) is 4.49. The Morgan fingerprint density at radius 2 is 2.37 bits per heavy atom. The fraction of sp³-hybridized carbons (Fsp3) is 0.167. The third-order valence-electron chi connectivity index (χ3n) is 2.10. The van der Waals surface area contributed by atoms with Crippen molar-refractivity contribution in [1.82, 2.24) is 4.98 Å². The average Bonchev–Trinajstić information content (AvgIpc) is 2.74. The molecule has 0 bridgehead atoms. The number of aromatic nitrogens is 1. The van der Waals surface area contributed by atoms with E-state index in [0.717, 1.165) is 0 Å². The van der Waals surface area contributed by atoms with Crippen LogP contribution in [0.5, 0.6) is 5.75 Å². The van der Waals surface area contributed by atoms with Crippen molar-refractivity contribution in [3.8, 4) is 5.75 Å². The molecule has 0 aliphatic rings. The van der Waals surface area contributed by atoms with Gasteiger partial charge in [0.15, 0.2) is 5.13 Å². The van der Waals surface area contributed by atoms with E-state index in [4.69, 9.17) is 4.74 Å². The smallest absolute Gasteiger partial charge is 0.223 e. The molecule has 0 aliphatic carbocycles. The first kappa shape index (κ1) is 14.0. The molecule has 2 rings (SSSR count). The molecule has 0 spiro atoms. The largest absolute Gasteiger partial charge is 0.486 e. The van der Waals surface area contributed by atoms with Gasteiger partial charge < -0.3 is 10.1 Å². The Morgan fingerprint density at radius 1 is 1.58 bits per heavy atom. The average molecular weight is 345 g/mol. The van der Waals surface area contributed by atoms with Crippen molar-refractivity contribution in [2.45, 2.75) is 13.5 Å². The van der Waals surface area contributed by atoms with E-state index in [2.05, 4.69) is 26.2 Å². The third-order valence-corrected chi connectivity index (χ3v) is 3.53. The lowest BCUT2D eigenvalue weighted by atomic mass is 10.3. The molecular weight excluding hydrogens is 335 g/mol. The molecule has 0 fully saturated rings. The first-order chi connectivity index (χ1) is 9.04. The van der Waals surface area contributed by atoms with Crippen LogP contribution in [0.3, 0.4) is 0 Å². The predicted octanol–water partition coefficient (Wildman–Crippen LogP) is 3.58. The van der Waals surface area contributed by atoms with E-state index in [1.165, 1.54) is 30.4 Å². The summed E-state index contributed by atoms with van der Waals surface area (Å²) in [6, 6.07) is 4.20. The number of hydrogen-bond donors (Lipinski definition) is 1. The minimum Gasteiger partial charge on any atom is -0.486 e. The van der Waals surface area contributed by atoms with Gasteiger partial charge >= 0.3 is 0 Å². The number of nitrogens with zero attached hydrogens (tertiary/aromatic N) is 1. The van der Waals surface area contributed by atoms with Gasteiger partial charge in [0.1, 0.15) is 18.2 Å². The SMILES string of the molecule is CC(=O)Nc1nc(COc2ccc(F)cc2Br)cs1. The molecule has 0 saturated heterocycles. The van der Waals surface area contributed by atoms with Crippen molar-refractivity contribution in [2.75, 3.05) is 5.32 Å². The van der Waals surface area contributed by atoms with Crippen LogP contribution in [0.1, 0.15) is 12.6 Å². The normalized spacial score (nSPS) is 10.3. The van der Waals surface area contributed by atoms with E-state index in [-0.39, 0.29) is 18.3 Å². The molecule has 1 amide bonds. The third kappa shape index (κ3) is 4.00. The number of hydrogen-bond acceptors (Lipinski definition) is 4. The lowest BCUT2D eigenvalue weighted by Crippen LogP contribution is -2.05. The van der Waals surface area contributed by atoms with Gasteiger partial charge in [-0.05, 0) is 34.1 Å². The van der Waals surface area contributed by atoms with Crippen molar-refractivity contribution in [3.63, 3.8) is 0 Å². The van der Waals surface area contributed by atoms with Crippen LogP contribution in [0, 0.1) is 5.82 Å². The lowest BCUT2D eigenvalue weighted by molar-refractivity contribution is -0.114. The summed E-state index contributed by atoms with van der Waals surface area (Å²) in [5.74, 6) is 0.0411. The van der Waals surface area contributed by atoms with Crippen LogP contribution < -0.4 is 10.1 Å². The quantitative estimate of drug-likeness (QED) is 0.922. The van der Waals surface area contributed by atoms with Gasteiger partial charge in [-0.25, -0.2) is 9.37 Å². The Morgan fingerprint density at radius 3 is 3.05 bits per heavy atom. The van der Waals surface area contributed by atoms with E-state index in [0.29, 0.717) is 21.0 Å². The topological polar surface area (TPSA) is 51.2 Å². The monoisotopic (exact) mass is 344 g/mol. The van der Waals surface area contributed by atoms with Gasteiger partial charge in [-0.3, -0.25) is 4.79 Å². The maximum Gasteiger partial charge on any atom is 0.223 e. The molecule has 0 radical (unpaired) electrons. The number of ether oxygens (including phenoxy) is 1. The van der Waals surface area contributed by atoms with Crippen LogP contribution in [0.15, 0.2) is 28.1 Å². The highest BCUT2D eigenvalue weighted by molar-refractivity contribution is 9.10. The van der Waals surface area contributed by atoms with Gasteiger partial charge in [0.25, 0.3) is 0 Å². The van der Waals surface area contributed by atoms with Gasteiger partial charge in [0, 0.05) is 12.3 Å². The fourth-order valence-corrected chi connectivity index (χ4v) is 2.53. The van der Waals surface area contributed by atoms with Gasteiger partial charge in [0.05, 0.1) is 10.2 Å². The number of thiazole rings is 1. The van der Waals surface area contributed by atoms with Gasteiger partial charge in [-0.15, -0.1) is 11.3 Å². The summed E-state index contributed by atoms with van der Waals surface area (Å²) in [5.41, 5.74) is 0.699. The number of rotatable bonds is 4. The summed E-state index contributed by atoms with van der Waals surface area (Å²) in [6.07, 6.45) is 0. The molecule has 0 atom stereocenters. The maximum absolute atomic E-state index is 12.9. The number of benzene rings is 1. The Balaban J connectivity index is 1.98. The summed E-state index contributed by atoms with van der Waals surface area (Å²) in [5, 5.41) is 4.92. The zero-order valence-corrected chi connectivity index (χ0v) is 12.3. The molecule has 100 valence electrons. The Bertz CT molecular complexity index is 603. The second-order valence-corrected chi connectivity index (χ2v) is 5.40. The van der Waals surface area contributed by atoms with Gasteiger partial charge in [-0.2, -0.15) is 0 Å². The van der Waals surface area contributed by atoms with Crippen molar-refractivity contribution in [1.29, 1.82) is 0 Å². The molecule has 0 unspecified atom stereocenters. The molecule has 4 nitrogen and oxygen atoms in total. The van der Waals surface area contributed by atoms with Crippen molar-refractivity contribution in [3.05, 3.63) is 39.6 Å². The van der Waals surface area contributed by atoms with Crippen LogP contribution in [-0.2, 0) is 11.4 Å². The first-order valence-electron chi connectivity index (χ1n) is 5.34. The second kappa shape index (κ2) is 6.12. The summed E-state index contributed by atoms with van der Waals surface area (Å²) in [6.45, 7) is 1.67. The van der Waals surface area contributed by atoms with Crippen LogP contribution in [-0.4, -0.2) is 10.9 Å². The van der Waals surface area contributed by atoms with Gasteiger partial charge in [-0.1, -0.05) is 0 Å². The molecule has 2 aromatic rings. The number of anilines is 1. The van der Waals surface area contributed by atoms with Gasteiger partial charge in [0.2, 0.25) is 5.91 Å². The first-order valence-corrected chi connectivity index (χ1v) is 7.01. The molecular formula is C12H10BrFN2O2S. The summed E-state index contributed by atoms with van der Waals surface area (Å²) in [7, 11) is 0. The summed E-state index contributed by atoms with van der Waals surface area (Å²) < 4.78 is 19.0. The minimum absolute atomic E-state index is 0.164. The molecule has 0 aliphatic heterocycles. The maximum atomic E-state index is 12.9. The molecule has 1 aromatic carbocycles. The van der Waals surface area contributed by atoms with Crippen molar-refractivity contribution >= 4 is 38.3 Å². The number of amides is 1. The highest BCUT2D eigenvalue weighted by atomic mass is 79.9. The van der Waals surface area contributed by atoms with E-state index in [1.807, 2.05) is 0 Å². The molecule has 1 N–H and O–H groups in total. The van der Waals surface area contributed by atoms with E-state index >= 15 is 0 Å². The molecule has 19 heavy (non-hydrogen) atoms. The van der Waals surface area contributed by atoms with Crippen molar-refractivity contribution < 1.29 is 13.9 Å². The zero-order chi connectivity index (χ0) is 13.8. The van der Waals surface area contributed by atoms with E-state index < -0.39 is 0 Å². The number of halogens is 2. The Hall–Kier alpha value is -1.47. The number of carbonyl (C=O) groups excluding carboxylic acids is 1. The summed E-state index contributed by atoms with van der Waals surface area (Å²) >= 11 is 4.54. The molecule has 1 heterocycles. The number of nitrogens with one attached hydrogen (secondary N) is 1. The second-order valence-electron chi connectivity index (χ2n) is 3.69. The van der Waals surface area contributed by atoms with Crippen LogP contribution >= 0.6 is 27.3 Å². The van der Waals surface area contributed by atoms with E-state index in [1.54, 1.807) is 11.4 Å². The lowest BCUT2D eigenvalue weighted by Gasteiger charge is -2.06. The van der Waals surface area contributed by atoms with E-state index in [9.17, 15) is 9.18 Å². The molecule has 0 saturated carbocycles. The highest BCUT2D eigenvalue weighted by Gasteiger charge is 2.06. The predicted molar refractivity (Wildman–Crippen MR) is 74.8 cm³/mol. The highest BCUT2D eigenvalue weighted by Crippen LogP contribution is 2.26. The number of carbonyl (C=O) groups is 1. The standard InChI is InChI=1S/C12H10BrFN2O2S/c1-7(17)15-12-16-9(6-19-12)5-18-11-3-2-8(14)4-10(11)13/h2-4,6H,5H2,1H3,(H,15,16,17). The Labute approximate surface area is 121 Å². The minimum atomic E-state index is -0.333. The molecule has 7 heteroatoms. The molecule has 1 aromatic heterocycles. The van der Waals surface area contributed by atoms with Crippen molar-refractivity contribution in [2.24, 2.45) is 0 Å². The van der Waals surface area contributed by atoms with Crippen LogP contribution in [0.2, 0.25) is 0 Å². The summed E-state index contributed by atoms with van der Waals surface area (Å²) in [4.78, 5) is 15.0. The zero-order valence-electron chi connectivity index (χ0n) is 9.94. The van der Waals surface area contributed by atoms with Crippen LogP contribution in [0.4, 0.5) is 9.52 Å². The fourth-order valence-electron chi connectivity index (χ4n) is 1.33.